The van der Waals surface area contributed by atoms with Crippen molar-refractivity contribution in [2.45, 2.75) is 50.1 Å². The third-order valence-electron chi connectivity index (χ3n) is 7.17. The molecule has 1 amide bonds. The Bertz CT molecular complexity index is 865. The fourth-order valence-electron chi connectivity index (χ4n) is 5.74. The van der Waals surface area contributed by atoms with E-state index in [1.807, 2.05) is 35.2 Å². The van der Waals surface area contributed by atoms with Crippen LogP contribution in [0.4, 0.5) is 5.69 Å². The number of rotatable bonds is 4. The average molecular weight is 392 g/mol. The summed E-state index contributed by atoms with van der Waals surface area (Å²) in [5, 5.41) is 10.2. The van der Waals surface area contributed by atoms with Gasteiger partial charge in [-0.15, -0.1) is 0 Å². The van der Waals surface area contributed by atoms with Crippen LogP contribution < -0.4 is 4.90 Å². The monoisotopic (exact) mass is 391 g/mol. The lowest BCUT2D eigenvalue weighted by Gasteiger charge is -2.60. The number of benzene rings is 1. The maximum absolute atomic E-state index is 13.3. The zero-order valence-corrected chi connectivity index (χ0v) is 16.8. The van der Waals surface area contributed by atoms with Crippen LogP contribution in [0.5, 0.6) is 0 Å². The highest BCUT2D eigenvalue weighted by molar-refractivity contribution is 6.06. The van der Waals surface area contributed by atoms with Crippen molar-refractivity contribution in [1.82, 2.24) is 9.88 Å². The SMILES string of the molecule is O=C(c1cccnc1)N1C[C@@H]2[C@H](c3ccccc31)[C@@H](CO)N2CC1CCCCC1. The zero-order chi connectivity index (χ0) is 19.8. The Morgan fingerprint density at radius 1 is 1.10 bits per heavy atom. The summed E-state index contributed by atoms with van der Waals surface area (Å²) in [6, 6.07) is 12.3. The highest BCUT2D eigenvalue weighted by Crippen LogP contribution is 2.49. The first-order valence-corrected chi connectivity index (χ1v) is 11.0. The molecule has 0 unspecified atom stereocenters. The van der Waals surface area contributed by atoms with E-state index in [1.165, 1.54) is 37.7 Å². The van der Waals surface area contributed by atoms with Crippen molar-refractivity contribution in [3.8, 4) is 0 Å². The number of fused-ring (bicyclic) bond motifs is 3. The fourth-order valence-corrected chi connectivity index (χ4v) is 5.74. The molecular formula is C24H29N3O2. The van der Waals surface area contributed by atoms with Gasteiger partial charge in [0.25, 0.3) is 5.91 Å². The topological polar surface area (TPSA) is 56.7 Å². The molecule has 3 aliphatic rings. The molecule has 1 aromatic carbocycles. The van der Waals surface area contributed by atoms with Crippen molar-refractivity contribution >= 4 is 11.6 Å². The number of likely N-dealkylation sites (tertiary alicyclic amines) is 1. The minimum absolute atomic E-state index is 0.00839. The lowest BCUT2D eigenvalue weighted by atomic mass is 9.71. The summed E-state index contributed by atoms with van der Waals surface area (Å²) in [6.45, 7) is 1.90. The Morgan fingerprint density at radius 3 is 2.69 bits per heavy atom. The molecule has 5 heteroatoms. The molecule has 0 radical (unpaired) electrons. The molecular weight excluding hydrogens is 362 g/mol. The highest BCUT2D eigenvalue weighted by atomic mass is 16.3. The normalized spacial score (nSPS) is 27.1. The number of para-hydroxylation sites is 1. The van der Waals surface area contributed by atoms with Gasteiger partial charge < -0.3 is 10.0 Å². The maximum atomic E-state index is 13.3. The van der Waals surface area contributed by atoms with Crippen LogP contribution in [0.1, 0.15) is 53.9 Å². The number of pyridine rings is 1. The van der Waals surface area contributed by atoms with Crippen molar-refractivity contribution in [1.29, 1.82) is 0 Å². The first kappa shape index (κ1) is 18.8. The lowest BCUT2D eigenvalue weighted by molar-refractivity contribution is -0.0545. The summed E-state index contributed by atoms with van der Waals surface area (Å²) >= 11 is 0. The van der Waals surface area contributed by atoms with E-state index in [9.17, 15) is 9.90 Å². The van der Waals surface area contributed by atoms with Crippen molar-refractivity contribution in [2.24, 2.45) is 5.92 Å². The molecule has 2 aliphatic heterocycles. The van der Waals surface area contributed by atoms with Crippen LogP contribution in [-0.4, -0.2) is 52.7 Å². The molecule has 1 N–H and O–H groups in total. The van der Waals surface area contributed by atoms with Gasteiger partial charge in [0, 0.05) is 49.2 Å². The van der Waals surface area contributed by atoms with Crippen LogP contribution in [0.25, 0.3) is 0 Å². The summed E-state index contributed by atoms with van der Waals surface area (Å²) in [6.07, 6.45) is 9.93. The summed E-state index contributed by atoms with van der Waals surface area (Å²) in [4.78, 5) is 21.8. The predicted octanol–water partition coefficient (Wildman–Crippen LogP) is 3.45. The third kappa shape index (κ3) is 3.26. The average Bonchev–Trinajstić information content (AvgIpc) is 2.78. The van der Waals surface area contributed by atoms with Crippen molar-refractivity contribution < 1.29 is 9.90 Å². The van der Waals surface area contributed by atoms with Crippen LogP contribution in [0.15, 0.2) is 48.8 Å². The summed E-state index contributed by atoms with van der Waals surface area (Å²) < 4.78 is 0. The zero-order valence-electron chi connectivity index (χ0n) is 16.8. The van der Waals surface area contributed by atoms with Crippen LogP contribution in [-0.2, 0) is 0 Å². The van der Waals surface area contributed by atoms with Crippen molar-refractivity contribution in [3.63, 3.8) is 0 Å². The molecule has 1 saturated heterocycles. The van der Waals surface area contributed by atoms with Gasteiger partial charge in [0.15, 0.2) is 0 Å². The Labute approximate surface area is 172 Å². The van der Waals surface area contributed by atoms with E-state index >= 15 is 0 Å². The van der Waals surface area contributed by atoms with Gasteiger partial charge in [-0.05, 0) is 42.5 Å². The number of anilines is 1. The van der Waals surface area contributed by atoms with Gasteiger partial charge in [-0.1, -0.05) is 37.5 Å². The molecule has 1 saturated carbocycles. The quantitative estimate of drug-likeness (QED) is 0.867. The van der Waals surface area contributed by atoms with Crippen molar-refractivity contribution in [3.05, 3.63) is 59.9 Å². The molecule has 5 nitrogen and oxygen atoms in total. The largest absolute Gasteiger partial charge is 0.395 e. The molecule has 0 spiro atoms. The summed E-state index contributed by atoms with van der Waals surface area (Å²) in [5.74, 6) is 1.03. The minimum Gasteiger partial charge on any atom is -0.395 e. The predicted molar refractivity (Wildman–Crippen MR) is 113 cm³/mol. The minimum atomic E-state index is 0.00839. The molecule has 5 rings (SSSR count). The smallest absolute Gasteiger partial charge is 0.259 e. The molecule has 3 heterocycles. The lowest BCUT2D eigenvalue weighted by Crippen LogP contribution is -2.69. The second-order valence-corrected chi connectivity index (χ2v) is 8.76. The van der Waals surface area contributed by atoms with Gasteiger partial charge in [0.1, 0.15) is 0 Å². The van der Waals surface area contributed by atoms with Crippen LogP contribution in [0, 0.1) is 5.92 Å². The van der Waals surface area contributed by atoms with Gasteiger partial charge in [0.05, 0.1) is 12.2 Å². The molecule has 152 valence electrons. The summed E-state index contributed by atoms with van der Waals surface area (Å²) in [5.41, 5.74) is 2.80. The van der Waals surface area contributed by atoms with E-state index < -0.39 is 0 Å². The standard InChI is InChI=1S/C24H29N3O2/c28-16-22-23-19-10-4-5-11-20(19)27(24(29)18-9-6-12-25-13-18)15-21(23)26(22)14-17-7-2-1-3-8-17/h4-6,9-13,17,21-23,28H,1-3,7-8,14-16H2/t21-,22-,23+/m1/s1. The number of carbonyl (C=O) groups excluding carboxylic acids is 1. The number of hydrogen-bond donors (Lipinski definition) is 1. The Hall–Kier alpha value is -2.24. The Balaban J connectivity index is 1.45. The third-order valence-corrected chi connectivity index (χ3v) is 7.17. The number of amides is 1. The molecule has 29 heavy (non-hydrogen) atoms. The Morgan fingerprint density at radius 2 is 1.93 bits per heavy atom. The van der Waals surface area contributed by atoms with Gasteiger partial charge in [-0.2, -0.15) is 0 Å². The number of nitrogens with zero attached hydrogens (tertiary/aromatic N) is 3. The molecule has 1 aliphatic carbocycles. The van der Waals surface area contributed by atoms with Gasteiger partial charge in [0.2, 0.25) is 0 Å². The maximum Gasteiger partial charge on any atom is 0.259 e. The van der Waals surface area contributed by atoms with Crippen LogP contribution >= 0.6 is 0 Å². The van der Waals surface area contributed by atoms with E-state index in [0.29, 0.717) is 18.0 Å². The first-order chi connectivity index (χ1) is 14.3. The van der Waals surface area contributed by atoms with E-state index in [0.717, 1.165) is 18.2 Å². The van der Waals surface area contributed by atoms with E-state index in [1.54, 1.807) is 12.4 Å². The van der Waals surface area contributed by atoms with E-state index in [-0.39, 0.29) is 24.6 Å². The van der Waals surface area contributed by atoms with E-state index in [4.69, 9.17) is 0 Å². The molecule has 2 fully saturated rings. The van der Waals surface area contributed by atoms with Gasteiger partial charge in [-0.25, -0.2) is 0 Å². The number of aromatic nitrogens is 1. The van der Waals surface area contributed by atoms with Crippen LogP contribution in [0.2, 0.25) is 0 Å². The number of aliphatic hydroxyl groups is 1. The van der Waals surface area contributed by atoms with Gasteiger partial charge >= 0.3 is 0 Å². The molecule has 3 atom stereocenters. The number of carbonyl (C=O) groups is 1. The van der Waals surface area contributed by atoms with E-state index in [2.05, 4.69) is 16.0 Å². The first-order valence-electron chi connectivity index (χ1n) is 11.0. The number of hydrogen-bond acceptors (Lipinski definition) is 4. The van der Waals surface area contributed by atoms with Gasteiger partial charge in [-0.3, -0.25) is 14.7 Å². The second-order valence-electron chi connectivity index (χ2n) is 8.76. The Kier molecular flexibility index (Phi) is 5.10. The molecule has 1 aromatic heterocycles. The highest BCUT2D eigenvalue weighted by Gasteiger charge is 2.53. The molecule has 0 bridgehead atoms. The number of aliphatic hydroxyl groups excluding tert-OH is 1. The molecule has 2 aromatic rings. The summed E-state index contributed by atoms with van der Waals surface area (Å²) in [7, 11) is 0. The fraction of sp³-hybridized carbons (Fsp3) is 0.500. The van der Waals surface area contributed by atoms with Crippen molar-refractivity contribution in [2.75, 3.05) is 24.6 Å². The second kappa shape index (κ2) is 7.88. The van der Waals surface area contributed by atoms with Crippen LogP contribution in [0.3, 0.4) is 0 Å².